The maximum Gasteiger partial charge on any atom is 0.268 e. The summed E-state index contributed by atoms with van der Waals surface area (Å²) in [5.41, 5.74) is 0. The molecule has 0 rings (SSSR count). The first-order valence-electron chi connectivity index (χ1n) is 20.2. The number of nitrogens with zero attached hydrogens (tertiary/aromatic N) is 1. The number of carbonyl (C=O) groups excluding carboxylic acids is 1. The standard InChI is InChI=1S/C40H79N2O6P/c1-6-8-10-12-14-16-18-19-20-21-22-23-24-25-27-29-31-33-39(43)38(37-48-49(45,46)47-36-35-42(3,4)5)41-40(44)34-32-30-28-26-17-15-13-11-9-7-2/h13,15,31,33,38-39,43H,6-12,14,16-30,32,34-37H2,1-5H3,(H-,41,44,45,46)/b15-13-,33-31+. The van der Waals surface area contributed by atoms with E-state index in [0.717, 1.165) is 57.8 Å². The van der Waals surface area contributed by atoms with E-state index in [9.17, 15) is 19.4 Å². The molecule has 290 valence electrons. The first-order chi connectivity index (χ1) is 23.5. The fraction of sp³-hybridized carbons (Fsp3) is 0.875. The molecule has 0 aromatic carbocycles. The van der Waals surface area contributed by atoms with Crippen LogP contribution in [0.4, 0.5) is 0 Å². The molecule has 0 aliphatic rings. The number of aliphatic hydroxyl groups is 1. The Morgan fingerprint density at radius 1 is 0.694 bits per heavy atom. The molecule has 8 nitrogen and oxygen atoms in total. The molecule has 0 saturated carbocycles. The number of allylic oxidation sites excluding steroid dienone is 3. The molecule has 0 saturated heterocycles. The number of rotatable bonds is 36. The molecule has 0 heterocycles. The van der Waals surface area contributed by atoms with Gasteiger partial charge in [0.15, 0.2) is 0 Å². The minimum absolute atomic E-state index is 0.00243. The number of phosphoric ester groups is 1. The zero-order chi connectivity index (χ0) is 36.5. The molecule has 3 atom stereocenters. The van der Waals surface area contributed by atoms with Crippen LogP contribution in [0.15, 0.2) is 24.3 Å². The van der Waals surface area contributed by atoms with Crippen molar-refractivity contribution in [2.24, 2.45) is 0 Å². The Labute approximate surface area is 303 Å². The third-order valence-electron chi connectivity index (χ3n) is 8.91. The highest BCUT2D eigenvalue weighted by atomic mass is 31.2. The number of hydrogen-bond donors (Lipinski definition) is 2. The van der Waals surface area contributed by atoms with Crippen LogP contribution in [0.1, 0.15) is 174 Å². The van der Waals surface area contributed by atoms with E-state index < -0.39 is 20.0 Å². The van der Waals surface area contributed by atoms with Crippen LogP contribution in [0.5, 0.6) is 0 Å². The molecular weight excluding hydrogens is 635 g/mol. The number of hydrogen-bond acceptors (Lipinski definition) is 6. The van der Waals surface area contributed by atoms with Gasteiger partial charge in [-0.05, 0) is 38.5 Å². The number of phosphoric acid groups is 1. The molecule has 1 amide bonds. The quantitative estimate of drug-likeness (QED) is 0.0290. The lowest BCUT2D eigenvalue weighted by atomic mass is 10.0. The van der Waals surface area contributed by atoms with Gasteiger partial charge in [0.05, 0.1) is 39.9 Å². The van der Waals surface area contributed by atoms with Crippen molar-refractivity contribution < 1.29 is 32.9 Å². The normalized spacial score (nSPS) is 14.8. The zero-order valence-corrected chi connectivity index (χ0v) is 33.5. The van der Waals surface area contributed by atoms with E-state index in [4.69, 9.17) is 9.05 Å². The topological polar surface area (TPSA) is 108 Å². The number of carbonyl (C=O) groups is 1. The van der Waals surface area contributed by atoms with Gasteiger partial charge in [0.1, 0.15) is 13.2 Å². The van der Waals surface area contributed by atoms with Crippen molar-refractivity contribution in [3.63, 3.8) is 0 Å². The summed E-state index contributed by atoms with van der Waals surface area (Å²) in [5.74, 6) is -0.213. The van der Waals surface area contributed by atoms with E-state index >= 15 is 0 Å². The summed E-state index contributed by atoms with van der Waals surface area (Å²) in [6.07, 6.45) is 36.5. The van der Waals surface area contributed by atoms with Gasteiger partial charge in [-0.25, -0.2) is 0 Å². The smallest absolute Gasteiger partial charge is 0.268 e. The molecule has 0 aliphatic carbocycles. The lowest BCUT2D eigenvalue weighted by Gasteiger charge is -2.29. The molecule has 0 spiro atoms. The van der Waals surface area contributed by atoms with Crippen molar-refractivity contribution in [2.45, 2.75) is 187 Å². The number of amides is 1. The molecule has 9 heteroatoms. The highest BCUT2D eigenvalue weighted by molar-refractivity contribution is 7.45. The van der Waals surface area contributed by atoms with Gasteiger partial charge < -0.3 is 28.8 Å². The minimum Gasteiger partial charge on any atom is -0.756 e. The average Bonchev–Trinajstić information content (AvgIpc) is 3.04. The van der Waals surface area contributed by atoms with Gasteiger partial charge in [-0.15, -0.1) is 0 Å². The van der Waals surface area contributed by atoms with E-state index in [-0.39, 0.29) is 19.1 Å². The summed E-state index contributed by atoms with van der Waals surface area (Å²) in [6.45, 7) is 4.58. The largest absolute Gasteiger partial charge is 0.756 e. The molecule has 0 aliphatic heterocycles. The monoisotopic (exact) mass is 715 g/mol. The van der Waals surface area contributed by atoms with Crippen molar-refractivity contribution in [1.29, 1.82) is 0 Å². The number of unbranched alkanes of at least 4 members (excludes halogenated alkanes) is 21. The second-order valence-corrected chi connectivity index (χ2v) is 16.4. The predicted octanol–water partition coefficient (Wildman–Crippen LogP) is 9.94. The maximum absolute atomic E-state index is 12.7. The highest BCUT2D eigenvalue weighted by Crippen LogP contribution is 2.38. The van der Waals surface area contributed by atoms with Gasteiger partial charge in [0.25, 0.3) is 7.82 Å². The molecule has 3 unspecified atom stereocenters. The van der Waals surface area contributed by atoms with Gasteiger partial charge in [0, 0.05) is 6.42 Å². The fourth-order valence-corrected chi connectivity index (χ4v) is 6.33. The van der Waals surface area contributed by atoms with Crippen molar-refractivity contribution >= 4 is 13.7 Å². The highest BCUT2D eigenvalue weighted by Gasteiger charge is 2.23. The van der Waals surface area contributed by atoms with Crippen LogP contribution in [0.25, 0.3) is 0 Å². The third kappa shape index (κ3) is 35.2. The van der Waals surface area contributed by atoms with Gasteiger partial charge in [-0.2, -0.15) is 0 Å². The minimum atomic E-state index is -4.58. The van der Waals surface area contributed by atoms with E-state index in [1.54, 1.807) is 6.08 Å². The molecule has 0 fully saturated rings. The zero-order valence-electron chi connectivity index (χ0n) is 32.6. The van der Waals surface area contributed by atoms with Crippen LogP contribution in [0, 0.1) is 0 Å². The lowest BCUT2D eigenvalue weighted by Crippen LogP contribution is -2.45. The van der Waals surface area contributed by atoms with Crippen molar-refractivity contribution in [1.82, 2.24) is 5.32 Å². The SMILES string of the molecule is CCCC/C=C\CCCCCCC(=O)NC(COP(=O)([O-])OCC[N+](C)(C)C)C(O)/C=C/CCCCCCCCCCCCCCCCC. The second kappa shape index (κ2) is 32.9. The van der Waals surface area contributed by atoms with Crippen molar-refractivity contribution in [3.8, 4) is 0 Å². The van der Waals surface area contributed by atoms with Crippen LogP contribution in [-0.4, -0.2) is 68.5 Å². The van der Waals surface area contributed by atoms with Gasteiger partial charge in [-0.3, -0.25) is 9.36 Å². The first-order valence-corrected chi connectivity index (χ1v) is 21.7. The molecule has 0 radical (unpaired) electrons. The third-order valence-corrected chi connectivity index (χ3v) is 9.87. The van der Waals surface area contributed by atoms with Crippen molar-refractivity contribution in [2.75, 3.05) is 40.9 Å². The number of likely N-dealkylation sites (N-methyl/N-ethyl adjacent to an activating group) is 1. The Morgan fingerprint density at radius 2 is 1.14 bits per heavy atom. The molecular formula is C40H79N2O6P. The summed E-state index contributed by atoms with van der Waals surface area (Å²) in [7, 11) is 1.25. The average molecular weight is 715 g/mol. The molecule has 2 N–H and O–H groups in total. The van der Waals surface area contributed by atoms with Gasteiger partial charge in [-0.1, -0.05) is 154 Å². The Balaban J connectivity index is 4.47. The summed E-state index contributed by atoms with van der Waals surface area (Å²) < 4.78 is 23.1. The summed E-state index contributed by atoms with van der Waals surface area (Å²) in [5, 5.41) is 13.7. The Bertz CT molecular complexity index is 860. The molecule has 49 heavy (non-hydrogen) atoms. The van der Waals surface area contributed by atoms with Crippen molar-refractivity contribution in [3.05, 3.63) is 24.3 Å². The van der Waals surface area contributed by atoms with E-state index in [1.807, 2.05) is 27.2 Å². The lowest BCUT2D eigenvalue weighted by molar-refractivity contribution is -0.870. The van der Waals surface area contributed by atoms with Crippen LogP contribution >= 0.6 is 7.82 Å². The van der Waals surface area contributed by atoms with Crippen LogP contribution < -0.4 is 10.2 Å². The fourth-order valence-electron chi connectivity index (χ4n) is 5.60. The van der Waals surface area contributed by atoms with Crippen LogP contribution in [0.2, 0.25) is 0 Å². The van der Waals surface area contributed by atoms with E-state index in [2.05, 4.69) is 31.3 Å². The first kappa shape index (κ1) is 48.0. The number of quaternary nitrogens is 1. The predicted molar refractivity (Wildman–Crippen MR) is 205 cm³/mol. The van der Waals surface area contributed by atoms with E-state index in [0.29, 0.717) is 17.4 Å². The number of aliphatic hydroxyl groups excluding tert-OH is 1. The number of nitrogens with one attached hydrogen (secondary N) is 1. The van der Waals surface area contributed by atoms with Crippen LogP contribution in [-0.2, 0) is 18.4 Å². The summed E-state index contributed by atoms with van der Waals surface area (Å²) in [6, 6.07) is -0.887. The van der Waals surface area contributed by atoms with Gasteiger partial charge in [0.2, 0.25) is 5.91 Å². The summed E-state index contributed by atoms with van der Waals surface area (Å²) >= 11 is 0. The molecule has 0 bridgehead atoms. The van der Waals surface area contributed by atoms with Crippen LogP contribution in [0.3, 0.4) is 0 Å². The maximum atomic E-state index is 12.7. The Morgan fingerprint density at radius 3 is 1.65 bits per heavy atom. The van der Waals surface area contributed by atoms with E-state index in [1.165, 1.54) is 96.3 Å². The molecule has 0 aromatic heterocycles. The van der Waals surface area contributed by atoms with Gasteiger partial charge >= 0.3 is 0 Å². The molecule has 0 aromatic rings. The Hall–Kier alpha value is -1.02. The Kier molecular flexibility index (Phi) is 32.2. The summed E-state index contributed by atoms with van der Waals surface area (Å²) in [4.78, 5) is 25.1. The second-order valence-electron chi connectivity index (χ2n) is 15.0.